The molecule has 124 valence electrons. The van der Waals surface area contributed by atoms with Gasteiger partial charge >= 0.3 is 0 Å². The van der Waals surface area contributed by atoms with Crippen LogP contribution in [0.3, 0.4) is 0 Å². The third-order valence-electron chi connectivity index (χ3n) is 4.58. The molecule has 3 atom stereocenters. The van der Waals surface area contributed by atoms with E-state index in [1.807, 2.05) is 27.0 Å². The van der Waals surface area contributed by atoms with Crippen LogP contribution in [0.15, 0.2) is 4.40 Å². The van der Waals surface area contributed by atoms with Crippen LogP contribution in [0.2, 0.25) is 18.1 Å². The zero-order valence-corrected chi connectivity index (χ0v) is 16.8. The van der Waals surface area contributed by atoms with Gasteiger partial charge in [0.15, 0.2) is 8.32 Å². The highest BCUT2D eigenvalue weighted by Crippen LogP contribution is 2.40. The third kappa shape index (κ3) is 5.70. The van der Waals surface area contributed by atoms with Crippen LogP contribution in [0, 0.1) is 5.92 Å². The van der Waals surface area contributed by atoms with Crippen molar-refractivity contribution >= 4 is 25.9 Å². The summed E-state index contributed by atoms with van der Waals surface area (Å²) in [7, 11) is -1.68. The number of hydrogen-bond donors (Lipinski definition) is 0. The first-order chi connectivity index (χ1) is 9.33. The molecule has 3 nitrogen and oxygen atoms in total. The van der Waals surface area contributed by atoms with Crippen LogP contribution in [0.5, 0.6) is 0 Å². The average Bonchev–Trinajstić information content (AvgIpc) is 2.69. The van der Waals surface area contributed by atoms with Gasteiger partial charge < -0.3 is 8.98 Å². The molecule has 21 heavy (non-hydrogen) atoms. The van der Waals surface area contributed by atoms with Gasteiger partial charge in [-0.05, 0) is 58.2 Å². The van der Waals surface area contributed by atoms with E-state index in [1.165, 1.54) is 0 Å². The van der Waals surface area contributed by atoms with Crippen LogP contribution in [-0.4, -0.2) is 29.9 Å². The molecule has 2 unspecified atom stereocenters. The molecule has 0 aromatic rings. The Balaban J connectivity index is 2.52. The fourth-order valence-corrected chi connectivity index (χ4v) is 4.11. The van der Waals surface area contributed by atoms with E-state index in [9.17, 15) is 4.55 Å². The Morgan fingerprint density at radius 1 is 1.14 bits per heavy atom. The molecule has 1 saturated carbocycles. The first kappa shape index (κ1) is 19.2. The Labute approximate surface area is 135 Å². The molecular formula is C16H33NO2SSi. The van der Waals surface area contributed by atoms with Crippen molar-refractivity contribution in [3.05, 3.63) is 0 Å². The van der Waals surface area contributed by atoms with Gasteiger partial charge in [0.1, 0.15) is 16.1 Å². The maximum atomic E-state index is 12.0. The predicted octanol–water partition coefficient (Wildman–Crippen LogP) is 4.71. The lowest BCUT2D eigenvalue weighted by atomic mass is 10.1. The van der Waals surface area contributed by atoms with Crippen molar-refractivity contribution in [3.8, 4) is 0 Å². The lowest BCUT2D eigenvalue weighted by Gasteiger charge is -2.38. The van der Waals surface area contributed by atoms with Crippen molar-refractivity contribution in [2.24, 2.45) is 10.3 Å². The molecule has 0 aromatic carbocycles. The van der Waals surface area contributed by atoms with E-state index in [-0.39, 0.29) is 9.79 Å². The van der Waals surface area contributed by atoms with Gasteiger partial charge in [0.05, 0.1) is 6.21 Å². The normalized spacial score (nSPS) is 26.5. The number of nitrogens with zero attached hydrogens (tertiary/aromatic N) is 1. The molecule has 0 bridgehead atoms. The maximum Gasteiger partial charge on any atom is 0.192 e. The molecule has 0 radical (unpaired) electrons. The Morgan fingerprint density at radius 3 is 2.19 bits per heavy atom. The van der Waals surface area contributed by atoms with Crippen molar-refractivity contribution in [1.29, 1.82) is 0 Å². The Kier molecular flexibility index (Phi) is 6.15. The van der Waals surface area contributed by atoms with Crippen LogP contribution >= 0.6 is 0 Å². The summed E-state index contributed by atoms with van der Waals surface area (Å²) in [6.07, 6.45) is 5.49. The van der Waals surface area contributed by atoms with E-state index in [0.29, 0.717) is 12.0 Å². The van der Waals surface area contributed by atoms with Crippen molar-refractivity contribution in [1.82, 2.24) is 0 Å². The van der Waals surface area contributed by atoms with Gasteiger partial charge in [-0.15, -0.1) is 0 Å². The summed E-state index contributed by atoms with van der Waals surface area (Å²) >= 11 is -1.14. The predicted molar refractivity (Wildman–Crippen MR) is 95.8 cm³/mol. The van der Waals surface area contributed by atoms with E-state index in [0.717, 1.165) is 19.3 Å². The minimum absolute atomic E-state index is 0.257. The first-order valence-electron chi connectivity index (χ1n) is 7.97. The first-order valence-corrected chi connectivity index (χ1v) is 12.0. The third-order valence-corrected chi connectivity index (χ3v) is 10.5. The van der Waals surface area contributed by atoms with Crippen LogP contribution in [0.25, 0.3) is 0 Å². The second-order valence-corrected chi connectivity index (χ2v) is 15.4. The topological polar surface area (TPSA) is 44.7 Å². The Hall–Kier alpha value is 0.157. The quantitative estimate of drug-likeness (QED) is 0.425. The summed E-state index contributed by atoms with van der Waals surface area (Å²) in [6, 6.07) is 0. The highest BCUT2D eigenvalue weighted by molar-refractivity contribution is 7.91. The van der Waals surface area contributed by atoms with E-state index in [1.54, 1.807) is 0 Å². The Morgan fingerprint density at radius 2 is 1.71 bits per heavy atom. The minimum atomic E-state index is -1.68. The van der Waals surface area contributed by atoms with Crippen molar-refractivity contribution in [2.45, 2.75) is 89.8 Å². The minimum Gasteiger partial charge on any atom is -0.591 e. The second kappa shape index (κ2) is 6.73. The summed E-state index contributed by atoms with van der Waals surface area (Å²) in [5.74, 6) is 0.422. The van der Waals surface area contributed by atoms with E-state index in [2.05, 4.69) is 38.3 Å². The zero-order valence-electron chi connectivity index (χ0n) is 15.0. The standard InChI is InChI=1S/C16H33NO2SSi/c1-15(2,3)20(18)17-12-13-9-10-14(11-13)19-21(7,8)16(4,5)6/h12-14H,9-11H2,1-8H3/b17-12-/t13?,14?,20-/m1/s1. The van der Waals surface area contributed by atoms with Gasteiger partial charge in [0.25, 0.3) is 0 Å². The molecule has 0 amide bonds. The molecule has 0 N–H and O–H groups in total. The van der Waals surface area contributed by atoms with Crippen LogP contribution in [0.1, 0.15) is 60.8 Å². The van der Waals surface area contributed by atoms with Crippen LogP contribution < -0.4 is 0 Å². The van der Waals surface area contributed by atoms with Crippen molar-refractivity contribution in [2.75, 3.05) is 0 Å². The molecule has 1 aliphatic carbocycles. The van der Waals surface area contributed by atoms with Gasteiger partial charge in [-0.3, -0.25) is 0 Å². The zero-order chi connectivity index (χ0) is 16.5. The summed E-state index contributed by atoms with van der Waals surface area (Å²) in [4.78, 5) is 0. The Bertz CT molecular complexity index is 371. The van der Waals surface area contributed by atoms with E-state index >= 15 is 0 Å². The van der Waals surface area contributed by atoms with Gasteiger partial charge in [-0.25, -0.2) is 0 Å². The highest BCUT2D eigenvalue weighted by atomic mass is 32.2. The molecule has 0 saturated heterocycles. The average molecular weight is 332 g/mol. The van der Waals surface area contributed by atoms with Crippen LogP contribution in [-0.2, 0) is 15.8 Å². The van der Waals surface area contributed by atoms with E-state index in [4.69, 9.17) is 4.43 Å². The molecule has 0 aromatic heterocycles. The SMILES string of the molecule is CC(C)(C)[S@@+]([O-])/N=C\C1CCC(O[Si](C)(C)C(C)(C)C)C1. The highest BCUT2D eigenvalue weighted by Gasteiger charge is 2.40. The lowest BCUT2D eigenvalue weighted by molar-refractivity contribution is 0.186. The summed E-state index contributed by atoms with van der Waals surface area (Å²) in [5.41, 5.74) is 0. The van der Waals surface area contributed by atoms with Crippen molar-refractivity contribution < 1.29 is 8.98 Å². The monoisotopic (exact) mass is 331 g/mol. The van der Waals surface area contributed by atoms with Gasteiger partial charge in [-0.2, -0.15) is 0 Å². The second-order valence-electron chi connectivity index (χ2n) is 8.69. The molecule has 0 heterocycles. The lowest BCUT2D eigenvalue weighted by Crippen LogP contribution is -2.43. The summed E-state index contributed by atoms with van der Waals surface area (Å²) in [6.45, 7) is 17.3. The smallest absolute Gasteiger partial charge is 0.192 e. The summed E-state index contributed by atoms with van der Waals surface area (Å²) in [5, 5.41) is 0.257. The van der Waals surface area contributed by atoms with Gasteiger partial charge in [-0.1, -0.05) is 25.2 Å². The molecule has 0 aliphatic heterocycles. The molecule has 1 aliphatic rings. The molecular weight excluding hydrogens is 298 g/mol. The number of hydrogen-bond acceptors (Lipinski definition) is 3. The van der Waals surface area contributed by atoms with Crippen molar-refractivity contribution in [3.63, 3.8) is 0 Å². The van der Waals surface area contributed by atoms with Crippen LogP contribution in [0.4, 0.5) is 0 Å². The largest absolute Gasteiger partial charge is 0.591 e. The van der Waals surface area contributed by atoms with Gasteiger partial charge in [0.2, 0.25) is 0 Å². The maximum absolute atomic E-state index is 12.0. The molecule has 0 spiro atoms. The molecule has 5 heteroatoms. The molecule has 1 fully saturated rings. The number of rotatable bonds is 4. The van der Waals surface area contributed by atoms with Gasteiger partial charge in [0, 0.05) is 12.0 Å². The molecule has 1 rings (SSSR count). The fraction of sp³-hybridized carbons (Fsp3) is 0.938. The van der Waals surface area contributed by atoms with E-state index < -0.39 is 19.7 Å². The summed E-state index contributed by atoms with van der Waals surface area (Å²) < 4.78 is 22.4. The fourth-order valence-electron chi connectivity index (χ4n) is 2.11.